The second-order valence-electron chi connectivity index (χ2n) is 7.10. The standard InChI is InChI=1S/C18H24N4O3/c1-11-3-5-12(6-4-11)14(19)15(23)22-9-7-13(8-10-22)18(2)16(24)20-17(25)21-18/h3-6,13-14H,7-10,19H2,1-2H3,(H2,20,21,24,25). The summed E-state index contributed by atoms with van der Waals surface area (Å²) in [6.07, 6.45) is 1.30. The molecule has 2 fully saturated rings. The molecule has 7 heteroatoms. The van der Waals surface area contributed by atoms with Crippen LogP contribution in [0.1, 0.15) is 36.9 Å². The molecule has 2 aliphatic rings. The van der Waals surface area contributed by atoms with Crippen molar-refractivity contribution in [3.05, 3.63) is 35.4 Å². The lowest BCUT2D eigenvalue weighted by Gasteiger charge is -2.39. The van der Waals surface area contributed by atoms with Gasteiger partial charge in [0.25, 0.3) is 5.91 Å². The molecule has 0 aromatic heterocycles. The number of amides is 4. The van der Waals surface area contributed by atoms with Crippen LogP contribution in [0.4, 0.5) is 4.79 Å². The van der Waals surface area contributed by atoms with Gasteiger partial charge in [-0.15, -0.1) is 0 Å². The van der Waals surface area contributed by atoms with Crippen LogP contribution in [0.5, 0.6) is 0 Å². The number of imide groups is 1. The van der Waals surface area contributed by atoms with Crippen molar-refractivity contribution in [2.75, 3.05) is 13.1 Å². The number of carbonyl (C=O) groups is 3. The number of piperidine rings is 1. The number of aryl methyl sites for hydroxylation is 1. The van der Waals surface area contributed by atoms with Gasteiger partial charge in [-0.2, -0.15) is 0 Å². The molecule has 2 saturated heterocycles. The minimum Gasteiger partial charge on any atom is -0.341 e. The van der Waals surface area contributed by atoms with Crippen LogP contribution >= 0.6 is 0 Å². The van der Waals surface area contributed by atoms with E-state index in [1.54, 1.807) is 11.8 Å². The summed E-state index contributed by atoms with van der Waals surface area (Å²) in [6.45, 7) is 4.79. The van der Waals surface area contributed by atoms with Crippen LogP contribution < -0.4 is 16.4 Å². The zero-order valence-electron chi connectivity index (χ0n) is 14.5. The summed E-state index contributed by atoms with van der Waals surface area (Å²) < 4.78 is 0. The molecule has 4 amide bonds. The van der Waals surface area contributed by atoms with Gasteiger partial charge in [0, 0.05) is 13.1 Å². The van der Waals surface area contributed by atoms with Gasteiger partial charge in [0.05, 0.1) is 0 Å². The van der Waals surface area contributed by atoms with Gasteiger partial charge >= 0.3 is 6.03 Å². The van der Waals surface area contributed by atoms with E-state index in [0.29, 0.717) is 25.9 Å². The molecule has 0 saturated carbocycles. The van der Waals surface area contributed by atoms with E-state index in [4.69, 9.17) is 5.73 Å². The Morgan fingerprint density at radius 2 is 1.84 bits per heavy atom. The molecule has 2 atom stereocenters. The van der Waals surface area contributed by atoms with Crippen LogP contribution in [0.25, 0.3) is 0 Å². The van der Waals surface area contributed by atoms with Crippen LogP contribution in [0, 0.1) is 12.8 Å². The average molecular weight is 344 g/mol. The third kappa shape index (κ3) is 3.24. The van der Waals surface area contributed by atoms with Crippen molar-refractivity contribution in [2.24, 2.45) is 11.7 Å². The first-order chi connectivity index (χ1) is 11.8. The second-order valence-corrected chi connectivity index (χ2v) is 7.10. The number of benzene rings is 1. The van der Waals surface area contributed by atoms with Crippen LogP contribution in [0.3, 0.4) is 0 Å². The summed E-state index contributed by atoms with van der Waals surface area (Å²) >= 11 is 0. The highest BCUT2D eigenvalue weighted by Gasteiger charge is 2.48. The quantitative estimate of drug-likeness (QED) is 0.707. The van der Waals surface area contributed by atoms with Crippen LogP contribution in [-0.2, 0) is 9.59 Å². The molecule has 7 nitrogen and oxygen atoms in total. The fourth-order valence-electron chi connectivity index (χ4n) is 3.63. The molecule has 134 valence electrons. The second kappa shape index (κ2) is 6.48. The molecule has 0 spiro atoms. The smallest absolute Gasteiger partial charge is 0.322 e. The molecule has 4 N–H and O–H groups in total. The predicted molar refractivity (Wildman–Crippen MR) is 92.5 cm³/mol. The van der Waals surface area contributed by atoms with E-state index < -0.39 is 17.6 Å². The Morgan fingerprint density at radius 3 is 2.36 bits per heavy atom. The zero-order chi connectivity index (χ0) is 18.2. The van der Waals surface area contributed by atoms with Gasteiger partial charge < -0.3 is 16.0 Å². The highest BCUT2D eigenvalue weighted by atomic mass is 16.2. The lowest BCUT2D eigenvalue weighted by molar-refractivity contribution is -0.135. The fraction of sp³-hybridized carbons (Fsp3) is 0.500. The maximum atomic E-state index is 12.7. The number of hydrogen-bond acceptors (Lipinski definition) is 4. The molecule has 2 heterocycles. The molecule has 3 rings (SSSR count). The van der Waals surface area contributed by atoms with E-state index in [-0.39, 0.29) is 17.7 Å². The molecule has 0 bridgehead atoms. The number of hydrogen-bond donors (Lipinski definition) is 3. The number of urea groups is 1. The predicted octanol–water partition coefficient (Wildman–Crippen LogP) is 0.832. The first-order valence-electron chi connectivity index (χ1n) is 8.56. The molecule has 1 aromatic rings. The fourth-order valence-corrected chi connectivity index (χ4v) is 3.63. The molecule has 0 radical (unpaired) electrons. The van der Waals surface area contributed by atoms with Gasteiger partial charge in [0.2, 0.25) is 5.91 Å². The first kappa shape index (κ1) is 17.4. The highest BCUT2D eigenvalue weighted by molar-refractivity contribution is 6.07. The van der Waals surface area contributed by atoms with E-state index in [1.807, 2.05) is 31.2 Å². The van der Waals surface area contributed by atoms with Crippen LogP contribution in [-0.4, -0.2) is 41.4 Å². The van der Waals surface area contributed by atoms with Crippen molar-refractivity contribution >= 4 is 17.8 Å². The Kier molecular flexibility index (Phi) is 4.51. The van der Waals surface area contributed by atoms with Crippen molar-refractivity contribution in [1.82, 2.24) is 15.5 Å². The average Bonchev–Trinajstić information content (AvgIpc) is 2.87. The van der Waals surface area contributed by atoms with Crippen molar-refractivity contribution < 1.29 is 14.4 Å². The molecular formula is C18H24N4O3. The van der Waals surface area contributed by atoms with Gasteiger partial charge in [0.15, 0.2) is 0 Å². The van der Waals surface area contributed by atoms with Crippen LogP contribution in [0.2, 0.25) is 0 Å². The zero-order valence-corrected chi connectivity index (χ0v) is 14.5. The summed E-state index contributed by atoms with van der Waals surface area (Å²) in [6, 6.07) is 6.51. The molecule has 2 unspecified atom stereocenters. The largest absolute Gasteiger partial charge is 0.341 e. The number of nitrogens with zero attached hydrogens (tertiary/aromatic N) is 1. The Labute approximate surface area is 146 Å². The lowest BCUT2D eigenvalue weighted by atomic mass is 9.79. The Bertz CT molecular complexity index is 695. The number of likely N-dealkylation sites (tertiary alicyclic amines) is 1. The van der Waals surface area contributed by atoms with Gasteiger partial charge in [0.1, 0.15) is 11.6 Å². The first-order valence-corrected chi connectivity index (χ1v) is 8.56. The van der Waals surface area contributed by atoms with Gasteiger partial charge in [-0.05, 0) is 38.2 Å². The summed E-state index contributed by atoms with van der Waals surface area (Å²) in [7, 11) is 0. The Morgan fingerprint density at radius 1 is 1.24 bits per heavy atom. The number of nitrogens with two attached hydrogens (primary N) is 1. The summed E-state index contributed by atoms with van der Waals surface area (Å²) in [5, 5.41) is 5.01. The van der Waals surface area contributed by atoms with E-state index in [2.05, 4.69) is 10.6 Å². The van der Waals surface area contributed by atoms with Gasteiger partial charge in [-0.3, -0.25) is 14.9 Å². The Hall–Kier alpha value is -2.41. The summed E-state index contributed by atoms with van der Waals surface area (Å²) in [5.41, 5.74) is 7.15. The van der Waals surface area contributed by atoms with E-state index >= 15 is 0 Å². The van der Waals surface area contributed by atoms with Gasteiger partial charge in [-0.1, -0.05) is 29.8 Å². The van der Waals surface area contributed by atoms with Crippen molar-refractivity contribution in [3.8, 4) is 0 Å². The highest BCUT2D eigenvalue weighted by Crippen LogP contribution is 2.31. The van der Waals surface area contributed by atoms with E-state index in [1.165, 1.54) is 0 Å². The Balaban J connectivity index is 1.62. The summed E-state index contributed by atoms with van der Waals surface area (Å²) in [4.78, 5) is 37.9. The SMILES string of the molecule is Cc1ccc(C(N)C(=O)N2CCC(C3(C)NC(=O)NC3=O)CC2)cc1. The topological polar surface area (TPSA) is 105 Å². The molecular weight excluding hydrogens is 320 g/mol. The molecule has 1 aromatic carbocycles. The number of carbonyl (C=O) groups excluding carboxylic acids is 3. The minimum atomic E-state index is -0.898. The number of nitrogens with one attached hydrogen (secondary N) is 2. The maximum absolute atomic E-state index is 12.7. The third-order valence-corrected chi connectivity index (χ3v) is 5.40. The lowest BCUT2D eigenvalue weighted by Crippen LogP contribution is -2.55. The van der Waals surface area contributed by atoms with Crippen molar-refractivity contribution in [3.63, 3.8) is 0 Å². The van der Waals surface area contributed by atoms with Crippen LogP contribution in [0.15, 0.2) is 24.3 Å². The minimum absolute atomic E-state index is 0.00130. The molecule has 0 aliphatic carbocycles. The number of rotatable bonds is 3. The van der Waals surface area contributed by atoms with Gasteiger partial charge in [-0.25, -0.2) is 4.79 Å². The summed E-state index contributed by atoms with van der Waals surface area (Å²) in [5.74, 6) is -0.399. The van der Waals surface area contributed by atoms with E-state index in [0.717, 1.165) is 11.1 Å². The molecule has 25 heavy (non-hydrogen) atoms. The normalized spacial score (nSPS) is 25.5. The monoisotopic (exact) mass is 344 g/mol. The van der Waals surface area contributed by atoms with Crippen molar-refractivity contribution in [2.45, 2.75) is 38.3 Å². The molecule has 2 aliphatic heterocycles. The maximum Gasteiger partial charge on any atom is 0.322 e. The van der Waals surface area contributed by atoms with Crippen molar-refractivity contribution in [1.29, 1.82) is 0 Å². The van der Waals surface area contributed by atoms with E-state index in [9.17, 15) is 14.4 Å². The third-order valence-electron chi connectivity index (χ3n) is 5.40.